The van der Waals surface area contributed by atoms with Gasteiger partial charge < -0.3 is 23.5 Å². The lowest BCUT2D eigenvalue weighted by atomic mass is 9.62. The number of rotatable bonds is 11. The molecular formula is C45H57ClFN5O4Si. The molecule has 1 spiro atoms. The molecule has 1 unspecified atom stereocenters. The van der Waals surface area contributed by atoms with E-state index in [4.69, 9.17) is 35.2 Å². The summed E-state index contributed by atoms with van der Waals surface area (Å²) in [4.78, 5) is 18.8. The standard InChI is InChI=1S/C45H57ClFN5O4Si/c1-43(2,3)57(34-14-6-4-7-15-34,35-16-8-5-9-17-35)55-29-32-19-22-45(21-13-24-52(32)45)31-54-42-49-39-36(28-48-40(46)38(39)47)41(50-42)51-23-12-20-44(30-51)26-33(27-44)56-37-18-10-11-25-53-37/h4-9,14-17,28,32-33,37H,10-13,18-27,29-31H2,1-3H3/t32-,33?,37?,44?,45+/m0/s1. The minimum absolute atomic E-state index is 0.0782. The van der Waals surface area contributed by atoms with Crippen molar-refractivity contribution in [1.82, 2.24) is 19.9 Å². The number of anilines is 1. The van der Waals surface area contributed by atoms with Crippen LogP contribution in [0, 0.1) is 11.2 Å². The molecule has 5 fully saturated rings. The summed E-state index contributed by atoms with van der Waals surface area (Å²) in [5.74, 6) is 0.0296. The van der Waals surface area contributed by atoms with Crippen LogP contribution in [-0.4, -0.2) is 91.6 Å². The van der Waals surface area contributed by atoms with E-state index in [1.807, 2.05) is 0 Å². The van der Waals surface area contributed by atoms with Crippen LogP contribution in [0.4, 0.5) is 10.2 Å². The lowest BCUT2D eigenvalue weighted by molar-refractivity contribution is -0.223. The minimum Gasteiger partial charge on any atom is -0.461 e. The van der Waals surface area contributed by atoms with Crippen molar-refractivity contribution in [3.05, 3.63) is 77.8 Å². The van der Waals surface area contributed by atoms with E-state index in [0.29, 0.717) is 24.4 Å². The van der Waals surface area contributed by atoms with Gasteiger partial charge in [-0.25, -0.2) is 9.37 Å². The second-order valence-corrected chi connectivity index (χ2v) is 23.1. The van der Waals surface area contributed by atoms with Gasteiger partial charge in [-0.1, -0.05) is 93.0 Å². The summed E-state index contributed by atoms with van der Waals surface area (Å²) in [6, 6.07) is 22.2. The molecule has 0 radical (unpaired) electrons. The third kappa shape index (κ3) is 7.39. The predicted molar refractivity (Wildman–Crippen MR) is 225 cm³/mol. The SMILES string of the molecule is CC(C)(C)[Si](OC[C@@H]1CC[C@@]2(COc3nc(N4CCCC5(CC(OC6CCCCO6)C5)C4)c4cnc(Cl)c(F)c4n3)CCCN12)(c1ccccc1)c1ccccc1. The maximum Gasteiger partial charge on any atom is 0.319 e. The summed E-state index contributed by atoms with van der Waals surface area (Å²) in [6.45, 7) is 11.5. The second kappa shape index (κ2) is 15.8. The van der Waals surface area contributed by atoms with Crippen molar-refractivity contribution in [2.75, 3.05) is 44.4 Å². The summed E-state index contributed by atoms with van der Waals surface area (Å²) < 4.78 is 42.0. The van der Waals surface area contributed by atoms with E-state index in [2.05, 4.69) is 101 Å². The van der Waals surface area contributed by atoms with Crippen molar-refractivity contribution >= 4 is 47.0 Å². The third-order valence-corrected chi connectivity index (χ3v) is 19.0. The highest BCUT2D eigenvalue weighted by Gasteiger charge is 2.54. The summed E-state index contributed by atoms with van der Waals surface area (Å²) >= 11 is 6.25. The first-order valence-corrected chi connectivity index (χ1v) is 23.6. The van der Waals surface area contributed by atoms with Crippen LogP contribution in [-0.2, 0) is 13.9 Å². The number of pyridine rings is 1. The largest absolute Gasteiger partial charge is 0.461 e. The molecule has 6 heterocycles. The van der Waals surface area contributed by atoms with Crippen LogP contribution in [0.15, 0.2) is 66.9 Å². The highest BCUT2D eigenvalue weighted by molar-refractivity contribution is 6.99. The second-order valence-electron chi connectivity index (χ2n) is 18.4. The highest BCUT2D eigenvalue weighted by Crippen LogP contribution is 2.51. The number of halogens is 2. The van der Waals surface area contributed by atoms with E-state index in [9.17, 15) is 0 Å². The Morgan fingerprint density at radius 3 is 2.35 bits per heavy atom. The van der Waals surface area contributed by atoms with Crippen molar-refractivity contribution in [1.29, 1.82) is 0 Å². The number of benzene rings is 2. The van der Waals surface area contributed by atoms with Gasteiger partial charge in [-0.2, -0.15) is 9.97 Å². The van der Waals surface area contributed by atoms with Crippen molar-refractivity contribution in [3.63, 3.8) is 0 Å². The van der Waals surface area contributed by atoms with E-state index in [1.165, 1.54) is 10.4 Å². The summed E-state index contributed by atoms with van der Waals surface area (Å²) in [5.41, 5.74) is 0.125. The van der Waals surface area contributed by atoms with Gasteiger partial charge in [0.1, 0.15) is 17.9 Å². The normalized spacial score (nSPS) is 28.2. The Bertz CT molecular complexity index is 1990. The number of ether oxygens (including phenoxy) is 3. The third-order valence-electron chi connectivity index (χ3n) is 13.8. The summed E-state index contributed by atoms with van der Waals surface area (Å²) in [5, 5.41) is 2.86. The van der Waals surface area contributed by atoms with Crippen LogP contribution < -0.4 is 20.0 Å². The van der Waals surface area contributed by atoms with Gasteiger partial charge in [0.05, 0.1) is 23.6 Å². The van der Waals surface area contributed by atoms with Gasteiger partial charge in [-0.15, -0.1) is 0 Å². The van der Waals surface area contributed by atoms with Crippen LogP contribution in [0.2, 0.25) is 10.2 Å². The summed E-state index contributed by atoms with van der Waals surface area (Å²) in [7, 11) is -2.69. The Kier molecular flexibility index (Phi) is 10.9. The number of hydrogen-bond donors (Lipinski definition) is 0. The number of piperidine rings is 1. The van der Waals surface area contributed by atoms with Gasteiger partial charge in [0.25, 0.3) is 8.32 Å². The molecule has 57 heavy (non-hydrogen) atoms. The molecule has 9 nitrogen and oxygen atoms in total. The van der Waals surface area contributed by atoms with E-state index >= 15 is 4.39 Å². The van der Waals surface area contributed by atoms with Crippen molar-refractivity contribution in [3.8, 4) is 6.01 Å². The summed E-state index contributed by atoms with van der Waals surface area (Å²) in [6.07, 6.45) is 13.3. The molecule has 3 atom stereocenters. The fourth-order valence-corrected chi connectivity index (χ4v) is 15.8. The van der Waals surface area contributed by atoms with Crippen LogP contribution in [0.1, 0.15) is 91.4 Å². The first-order valence-electron chi connectivity index (χ1n) is 21.3. The molecule has 0 N–H and O–H groups in total. The smallest absolute Gasteiger partial charge is 0.319 e. The molecule has 2 aromatic heterocycles. The number of hydrogen-bond acceptors (Lipinski definition) is 9. The first-order chi connectivity index (χ1) is 27.6. The lowest BCUT2D eigenvalue weighted by Crippen LogP contribution is -2.67. The molecule has 2 aromatic carbocycles. The zero-order valence-electron chi connectivity index (χ0n) is 33.7. The Hall–Kier alpha value is -3.19. The highest BCUT2D eigenvalue weighted by atomic mass is 35.5. The topological polar surface area (TPSA) is 82.1 Å². The molecule has 304 valence electrons. The molecule has 4 saturated heterocycles. The Morgan fingerprint density at radius 1 is 0.912 bits per heavy atom. The number of aromatic nitrogens is 3. The van der Waals surface area contributed by atoms with Gasteiger partial charge >= 0.3 is 6.01 Å². The Labute approximate surface area is 342 Å². The molecule has 0 amide bonds. The fraction of sp³-hybridized carbons (Fsp3) is 0.578. The first kappa shape index (κ1) is 39.3. The molecule has 4 aromatic rings. The zero-order valence-corrected chi connectivity index (χ0v) is 35.5. The molecule has 1 aliphatic carbocycles. The van der Waals surface area contributed by atoms with Crippen LogP contribution in [0.3, 0.4) is 0 Å². The molecule has 4 aliphatic heterocycles. The monoisotopic (exact) mass is 813 g/mol. The molecule has 12 heteroatoms. The molecular weight excluding hydrogens is 757 g/mol. The maximum absolute atomic E-state index is 15.7. The maximum atomic E-state index is 15.7. The van der Waals surface area contributed by atoms with Gasteiger partial charge in [-0.05, 0) is 98.0 Å². The Balaban J connectivity index is 0.933. The average molecular weight is 815 g/mol. The van der Waals surface area contributed by atoms with Crippen LogP contribution in [0.25, 0.3) is 10.9 Å². The Morgan fingerprint density at radius 2 is 1.65 bits per heavy atom. The predicted octanol–water partition coefficient (Wildman–Crippen LogP) is 8.06. The lowest BCUT2D eigenvalue weighted by Gasteiger charge is -2.53. The molecule has 0 bridgehead atoms. The van der Waals surface area contributed by atoms with Gasteiger partial charge in [0, 0.05) is 31.9 Å². The van der Waals surface area contributed by atoms with E-state index in [-0.39, 0.29) is 51.1 Å². The minimum atomic E-state index is -2.69. The number of fused-ring (bicyclic) bond motifs is 2. The zero-order chi connectivity index (χ0) is 39.3. The molecule has 9 rings (SSSR count). The van der Waals surface area contributed by atoms with Crippen LogP contribution in [0.5, 0.6) is 6.01 Å². The van der Waals surface area contributed by atoms with Gasteiger partial charge in [0.15, 0.2) is 17.3 Å². The quantitative estimate of drug-likeness (QED) is 0.110. The van der Waals surface area contributed by atoms with Gasteiger partial charge in [-0.3, -0.25) is 4.90 Å². The fourth-order valence-electron chi connectivity index (χ4n) is 11.0. The van der Waals surface area contributed by atoms with Crippen LogP contribution >= 0.6 is 11.6 Å². The van der Waals surface area contributed by atoms with E-state index < -0.39 is 14.1 Å². The van der Waals surface area contributed by atoms with Crippen molar-refractivity contribution < 1.29 is 23.0 Å². The number of nitrogens with zero attached hydrogens (tertiary/aromatic N) is 5. The molecule has 5 aliphatic rings. The average Bonchev–Trinajstić information content (AvgIpc) is 3.78. The molecule has 1 saturated carbocycles. The van der Waals surface area contributed by atoms with Crippen molar-refractivity contribution in [2.24, 2.45) is 5.41 Å². The van der Waals surface area contributed by atoms with E-state index in [1.54, 1.807) is 6.20 Å². The van der Waals surface area contributed by atoms with E-state index in [0.717, 1.165) is 96.9 Å². The van der Waals surface area contributed by atoms with Gasteiger partial charge in [0.2, 0.25) is 0 Å². The van der Waals surface area contributed by atoms with Crippen molar-refractivity contribution in [2.45, 2.75) is 120 Å².